The van der Waals surface area contributed by atoms with Crippen LogP contribution in [0.1, 0.15) is 18.6 Å². The zero-order valence-corrected chi connectivity index (χ0v) is 11.6. The van der Waals surface area contributed by atoms with Gasteiger partial charge in [0.25, 0.3) is 0 Å². The van der Waals surface area contributed by atoms with Gasteiger partial charge in [0.05, 0.1) is 6.10 Å². The highest BCUT2D eigenvalue weighted by Gasteiger charge is 2.01. The molecular formula is C14H13IO2. The number of benzene rings is 2. The summed E-state index contributed by atoms with van der Waals surface area (Å²) in [6.07, 6.45) is -0.443. The van der Waals surface area contributed by atoms with Crippen molar-refractivity contribution in [2.24, 2.45) is 0 Å². The molecule has 0 saturated heterocycles. The topological polar surface area (TPSA) is 29.5 Å². The molecule has 0 aliphatic heterocycles. The lowest BCUT2D eigenvalue weighted by Crippen LogP contribution is -1.90. The number of halogens is 1. The van der Waals surface area contributed by atoms with Crippen molar-refractivity contribution in [3.8, 4) is 11.5 Å². The van der Waals surface area contributed by atoms with Crippen LogP contribution in [-0.4, -0.2) is 5.11 Å². The van der Waals surface area contributed by atoms with Gasteiger partial charge in [0.2, 0.25) is 0 Å². The lowest BCUT2D eigenvalue weighted by atomic mass is 10.1. The molecule has 88 valence electrons. The smallest absolute Gasteiger partial charge is 0.128 e. The van der Waals surface area contributed by atoms with Crippen LogP contribution in [0, 0.1) is 3.57 Å². The molecule has 0 saturated carbocycles. The summed E-state index contributed by atoms with van der Waals surface area (Å²) in [6.45, 7) is 1.75. The van der Waals surface area contributed by atoms with Crippen LogP contribution in [0.15, 0.2) is 48.5 Å². The van der Waals surface area contributed by atoms with Gasteiger partial charge in [-0.25, -0.2) is 0 Å². The second kappa shape index (κ2) is 5.51. The van der Waals surface area contributed by atoms with Crippen LogP contribution in [0.3, 0.4) is 0 Å². The fourth-order valence-electron chi connectivity index (χ4n) is 1.48. The van der Waals surface area contributed by atoms with Crippen LogP contribution in [0.25, 0.3) is 0 Å². The molecule has 2 nitrogen and oxygen atoms in total. The summed E-state index contributed by atoms with van der Waals surface area (Å²) in [5, 5.41) is 9.40. The van der Waals surface area contributed by atoms with E-state index in [0.29, 0.717) is 0 Å². The summed E-state index contributed by atoms with van der Waals surface area (Å²) < 4.78 is 6.85. The minimum Gasteiger partial charge on any atom is -0.457 e. The molecule has 2 aromatic rings. The highest BCUT2D eigenvalue weighted by atomic mass is 127. The Balaban J connectivity index is 2.14. The van der Waals surface area contributed by atoms with E-state index >= 15 is 0 Å². The molecule has 3 heteroatoms. The zero-order chi connectivity index (χ0) is 12.3. The van der Waals surface area contributed by atoms with Crippen LogP contribution in [0.5, 0.6) is 11.5 Å². The largest absolute Gasteiger partial charge is 0.457 e. The van der Waals surface area contributed by atoms with Gasteiger partial charge in [0.15, 0.2) is 0 Å². The van der Waals surface area contributed by atoms with Gasteiger partial charge in [0.1, 0.15) is 11.5 Å². The Labute approximate surface area is 114 Å². The highest BCUT2D eigenvalue weighted by Crippen LogP contribution is 2.24. The predicted octanol–water partition coefficient (Wildman–Crippen LogP) is 4.14. The standard InChI is InChI=1S/C14H13IO2/c1-10(16)11-5-7-13(8-6-11)17-14-4-2-3-12(15)9-14/h2-10,16H,1H3. The minimum absolute atomic E-state index is 0.443. The first kappa shape index (κ1) is 12.4. The SMILES string of the molecule is CC(O)c1ccc(Oc2cccc(I)c2)cc1. The molecular weight excluding hydrogens is 327 g/mol. The number of ether oxygens (including phenoxy) is 1. The zero-order valence-electron chi connectivity index (χ0n) is 9.43. The van der Waals surface area contributed by atoms with Gasteiger partial charge in [-0.2, -0.15) is 0 Å². The Bertz CT molecular complexity index is 492. The first-order valence-corrected chi connectivity index (χ1v) is 6.44. The maximum atomic E-state index is 9.40. The van der Waals surface area contributed by atoms with Crippen molar-refractivity contribution in [3.63, 3.8) is 0 Å². The Morgan fingerprint density at radius 2 is 1.76 bits per heavy atom. The van der Waals surface area contributed by atoms with Crippen LogP contribution < -0.4 is 4.74 Å². The van der Waals surface area contributed by atoms with E-state index in [0.717, 1.165) is 20.6 Å². The third kappa shape index (κ3) is 3.44. The molecule has 0 aliphatic carbocycles. The molecule has 0 bridgehead atoms. The summed E-state index contributed by atoms with van der Waals surface area (Å²) >= 11 is 2.25. The van der Waals surface area contributed by atoms with Gasteiger partial charge >= 0.3 is 0 Å². The molecule has 0 amide bonds. The molecule has 1 unspecified atom stereocenters. The van der Waals surface area contributed by atoms with Crippen LogP contribution >= 0.6 is 22.6 Å². The first-order chi connectivity index (χ1) is 8.15. The number of rotatable bonds is 3. The number of aliphatic hydroxyl groups is 1. The lowest BCUT2D eigenvalue weighted by molar-refractivity contribution is 0.199. The first-order valence-electron chi connectivity index (χ1n) is 5.36. The number of hydrogen-bond acceptors (Lipinski definition) is 2. The normalized spacial score (nSPS) is 12.2. The third-order valence-corrected chi connectivity index (χ3v) is 3.07. The fourth-order valence-corrected chi connectivity index (χ4v) is 2.00. The highest BCUT2D eigenvalue weighted by molar-refractivity contribution is 14.1. The van der Waals surface area contributed by atoms with Gasteiger partial charge in [-0.1, -0.05) is 18.2 Å². The summed E-state index contributed by atoms with van der Waals surface area (Å²) in [5.41, 5.74) is 0.889. The Kier molecular flexibility index (Phi) is 4.02. The molecule has 2 aromatic carbocycles. The molecule has 0 spiro atoms. The van der Waals surface area contributed by atoms with Gasteiger partial charge < -0.3 is 9.84 Å². The Hall–Kier alpha value is -1.07. The molecule has 1 atom stereocenters. The Morgan fingerprint density at radius 3 is 2.35 bits per heavy atom. The van der Waals surface area contributed by atoms with Crippen LogP contribution in [0.2, 0.25) is 0 Å². The summed E-state index contributed by atoms with van der Waals surface area (Å²) in [4.78, 5) is 0. The molecule has 0 fully saturated rings. The predicted molar refractivity (Wildman–Crippen MR) is 76.3 cm³/mol. The second-order valence-corrected chi connectivity index (χ2v) is 5.05. The quantitative estimate of drug-likeness (QED) is 0.851. The molecule has 0 aliphatic rings. The summed E-state index contributed by atoms with van der Waals surface area (Å²) in [6, 6.07) is 15.3. The minimum atomic E-state index is -0.443. The molecule has 17 heavy (non-hydrogen) atoms. The maximum Gasteiger partial charge on any atom is 0.128 e. The maximum absolute atomic E-state index is 9.40. The van der Waals surface area contributed by atoms with E-state index < -0.39 is 6.10 Å². The van der Waals surface area contributed by atoms with E-state index in [4.69, 9.17) is 4.74 Å². The average molecular weight is 340 g/mol. The van der Waals surface area contributed by atoms with E-state index in [-0.39, 0.29) is 0 Å². The van der Waals surface area contributed by atoms with Gasteiger partial charge in [0, 0.05) is 3.57 Å². The van der Waals surface area contributed by atoms with Gasteiger partial charge in [-0.15, -0.1) is 0 Å². The van der Waals surface area contributed by atoms with Crippen LogP contribution in [0.4, 0.5) is 0 Å². The van der Waals surface area contributed by atoms with Crippen molar-refractivity contribution in [1.82, 2.24) is 0 Å². The van der Waals surface area contributed by atoms with E-state index in [1.165, 1.54) is 0 Å². The second-order valence-electron chi connectivity index (χ2n) is 3.80. The van der Waals surface area contributed by atoms with Crippen LogP contribution in [-0.2, 0) is 0 Å². The van der Waals surface area contributed by atoms with E-state index in [9.17, 15) is 5.11 Å². The van der Waals surface area contributed by atoms with E-state index in [2.05, 4.69) is 22.6 Å². The lowest BCUT2D eigenvalue weighted by Gasteiger charge is -2.08. The molecule has 0 radical (unpaired) electrons. The van der Waals surface area contributed by atoms with Gasteiger partial charge in [-0.3, -0.25) is 0 Å². The third-order valence-electron chi connectivity index (χ3n) is 2.39. The fraction of sp³-hybridized carbons (Fsp3) is 0.143. The van der Waals surface area contributed by atoms with Crippen molar-refractivity contribution in [2.45, 2.75) is 13.0 Å². The van der Waals surface area contributed by atoms with Crippen molar-refractivity contribution < 1.29 is 9.84 Å². The Morgan fingerprint density at radius 1 is 1.06 bits per heavy atom. The monoisotopic (exact) mass is 340 g/mol. The number of aliphatic hydroxyl groups excluding tert-OH is 1. The van der Waals surface area contributed by atoms with Crippen molar-refractivity contribution in [1.29, 1.82) is 0 Å². The van der Waals surface area contributed by atoms with Gasteiger partial charge in [-0.05, 0) is 65.4 Å². The van der Waals surface area contributed by atoms with Crippen molar-refractivity contribution in [3.05, 3.63) is 57.7 Å². The average Bonchev–Trinajstić information content (AvgIpc) is 2.29. The number of hydrogen-bond donors (Lipinski definition) is 1. The molecule has 1 N–H and O–H groups in total. The van der Waals surface area contributed by atoms with E-state index in [1.807, 2.05) is 48.5 Å². The van der Waals surface area contributed by atoms with Crippen molar-refractivity contribution >= 4 is 22.6 Å². The summed E-state index contributed by atoms with van der Waals surface area (Å²) in [5.74, 6) is 1.60. The molecule has 0 aromatic heterocycles. The van der Waals surface area contributed by atoms with E-state index in [1.54, 1.807) is 6.92 Å². The molecule has 2 rings (SSSR count). The van der Waals surface area contributed by atoms with Crippen molar-refractivity contribution in [2.75, 3.05) is 0 Å². The molecule has 0 heterocycles. The summed E-state index contributed by atoms with van der Waals surface area (Å²) in [7, 11) is 0.